The molecule has 28 heavy (non-hydrogen) atoms. The van der Waals surface area contributed by atoms with E-state index in [-0.39, 0.29) is 36.6 Å². The third-order valence-electron chi connectivity index (χ3n) is 4.57. The number of rotatable bonds is 9. The first-order valence-corrected chi connectivity index (χ1v) is 9.18. The summed E-state index contributed by atoms with van der Waals surface area (Å²) < 4.78 is 0. The van der Waals surface area contributed by atoms with E-state index in [2.05, 4.69) is 10.6 Å². The molecule has 1 aromatic carbocycles. The number of halogens is 1. The monoisotopic (exact) mass is 409 g/mol. The molecule has 2 amide bonds. The van der Waals surface area contributed by atoms with Crippen molar-refractivity contribution in [3.8, 4) is 0 Å². The number of guanidine groups is 1. The van der Waals surface area contributed by atoms with Gasteiger partial charge in [0.25, 0.3) is 0 Å². The molecule has 0 bridgehead atoms. The van der Waals surface area contributed by atoms with E-state index >= 15 is 0 Å². The van der Waals surface area contributed by atoms with Gasteiger partial charge in [0.05, 0.1) is 12.5 Å². The van der Waals surface area contributed by atoms with Crippen LogP contribution >= 0.6 is 12.4 Å². The zero-order chi connectivity index (χ0) is 19.6. The van der Waals surface area contributed by atoms with E-state index in [4.69, 9.17) is 11.1 Å². The van der Waals surface area contributed by atoms with Crippen molar-refractivity contribution in [3.05, 3.63) is 35.9 Å². The van der Waals surface area contributed by atoms with Crippen LogP contribution in [0.3, 0.4) is 0 Å². The second-order valence-corrected chi connectivity index (χ2v) is 6.64. The van der Waals surface area contributed by atoms with Gasteiger partial charge in [0.15, 0.2) is 5.96 Å². The lowest BCUT2D eigenvalue weighted by atomic mass is 10.1. The highest BCUT2D eigenvalue weighted by Crippen LogP contribution is 2.19. The van der Waals surface area contributed by atoms with Crippen molar-refractivity contribution in [2.45, 2.75) is 44.2 Å². The number of carbonyl (C=O) groups excluding carboxylic acids is 3. The predicted octanol–water partition coefficient (Wildman–Crippen LogP) is 0.589. The van der Waals surface area contributed by atoms with Gasteiger partial charge in [-0.05, 0) is 31.2 Å². The Balaban J connectivity index is 0.00000392. The van der Waals surface area contributed by atoms with Crippen LogP contribution in [0.1, 0.15) is 31.2 Å². The maximum absolute atomic E-state index is 12.6. The van der Waals surface area contributed by atoms with Crippen LogP contribution in [0.4, 0.5) is 0 Å². The minimum Gasteiger partial charge on any atom is -0.370 e. The van der Waals surface area contributed by atoms with Crippen molar-refractivity contribution in [2.75, 3.05) is 13.1 Å². The number of nitrogens with one attached hydrogen (secondary N) is 3. The molecule has 1 saturated heterocycles. The fourth-order valence-corrected chi connectivity index (χ4v) is 3.21. The van der Waals surface area contributed by atoms with Crippen LogP contribution in [0.15, 0.2) is 30.3 Å². The molecule has 8 nitrogen and oxygen atoms in total. The third kappa shape index (κ3) is 7.19. The molecular formula is C19H28ClN5O3. The molecule has 0 aliphatic carbocycles. The zero-order valence-electron chi connectivity index (χ0n) is 15.7. The summed E-state index contributed by atoms with van der Waals surface area (Å²) in [5, 5.41) is 12.5. The summed E-state index contributed by atoms with van der Waals surface area (Å²) in [7, 11) is 0. The maximum Gasteiger partial charge on any atom is 0.243 e. The highest BCUT2D eigenvalue weighted by molar-refractivity contribution is 5.90. The second-order valence-electron chi connectivity index (χ2n) is 6.64. The molecule has 2 atom stereocenters. The molecule has 0 radical (unpaired) electrons. The molecule has 1 fully saturated rings. The number of amides is 2. The first-order valence-electron chi connectivity index (χ1n) is 9.18. The Bertz CT molecular complexity index is 671. The average Bonchev–Trinajstić information content (AvgIpc) is 3.15. The van der Waals surface area contributed by atoms with E-state index in [1.807, 2.05) is 30.3 Å². The van der Waals surface area contributed by atoms with Gasteiger partial charge in [0.1, 0.15) is 12.3 Å². The van der Waals surface area contributed by atoms with Gasteiger partial charge in [-0.15, -0.1) is 12.4 Å². The molecule has 1 aliphatic heterocycles. The van der Waals surface area contributed by atoms with Gasteiger partial charge in [-0.25, -0.2) is 0 Å². The number of likely N-dealkylation sites (tertiary alicyclic amines) is 1. The topological polar surface area (TPSA) is 128 Å². The summed E-state index contributed by atoms with van der Waals surface area (Å²) in [5.41, 5.74) is 6.11. The number of benzene rings is 1. The molecule has 0 saturated carbocycles. The quantitative estimate of drug-likeness (QED) is 0.205. The molecule has 0 spiro atoms. The molecule has 154 valence electrons. The van der Waals surface area contributed by atoms with Crippen molar-refractivity contribution in [1.82, 2.24) is 15.5 Å². The van der Waals surface area contributed by atoms with Crippen LogP contribution in [0.25, 0.3) is 0 Å². The highest BCUT2D eigenvalue weighted by atomic mass is 35.5. The Labute approximate surface area is 171 Å². The van der Waals surface area contributed by atoms with Gasteiger partial charge in [-0.2, -0.15) is 0 Å². The van der Waals surface area contributed by atoms with Crippen LogP contribution in [-0.2, 0) is 20.8 Å². The molecule has 1 heterocycles. The third-order valence-corrected chi connectivity index (χ3v) is 4.57. The van der Waals surface area contributed by atoms with Crippen LogP contribution in [0, 0.1) is 5.41 Å². The van der Waals surface area contributed by atoms with E-state index in [9.17, 15) is 14.4 Å². The number of hydrogen-bond acceptors (Lipinski definition) is 4. The van der Waals surface area contributed by atoms with Crippen molar-refractivity contribution in [1.29, 1.82) is 5.41 Å². The lowest BCUT2D eigenvalue weighted by Crippen LogP contribution is -2.49. The molecule has 0 aromatic heterocycles. The SMILES string of the molecule is Cl.N=C(N)NCCC[C@@H](C=O)NC(=O)[C@@H]1CCCN1C(=O)Cc1ccccc1. The number of nitrogens with zero attached hydrogens (tertiary/aromatic N) is 1. The summed E-state index contributed by atoms with van der Waals surface area (Å²) in [5.74, 6) is -0.488. The smallest absolute Gasteiger partial charge is 0.243 e. The number of carbonyl (C=O) groups is 3. The van der Waals surface area contributed by atoms with Gasteiger partial charge in [0.2, 0.25) is 11.8 Å². The molecule has 1 aromatic rings. The zero-order valence-corrected chi connectivity index (χ0v) is 16.5. The molecule has 0 unspecified atom stereocenters. The average molecular weight is 410 g/mol. The number of hydrogen-bond donors (Lipinski definition) is 4. The minimum atomic E-state index is -0.613. The highest BCUT2D eigenvalue weighted by Gasteiger charge is 2.34. The number of nitrogens with two attached hydrogens (primary N) is 1. The molecule has 5 N–H and O–H groups in total. The lowest BCUT2D eigenvalue weighted by molar-refractivity contribution is -0.138. The molecule has 1 aliphatic rings. The Morgan fingerprint density at radius 1 is 1.32 bits per heavy atom. The Morgan fingerprint density at radius 3 is 2.68 bits per heavy atom. The van der Waals surface area contributed by atoms with E-state index in [0.29, 0.717) is 38.6 Å². The van der Waals surface area contributed by atoms with Crippen LogP contribution < -0.4 is 16.4 Å². The normalized spacial score (nSPS) is 16.6. The molecular weight excluding hydrogens is 382 g/mol. The van der Waals surface area contributed by atoms with Crippen LogP contribution in [0.2, 0.25) is 0 Å². The van der Waals surface area contributed by atoms with E-state index < -0.39 is 12.1 Å². The maximum atomic E-state index is 12.6. The Morgan fingerprint density at radius 2 is 2.04 bits per heavy atom. The summed E-state index contributed by atoms with van der Waals surface area (Å²) >= 11 is 0. The van der Waals surface area contributed by atoms with Crippen LogP contribution in [0.5, 0.6) is 0 Å². The van der Waals surface area contributed by atoms with Gasteiger partial charge < -0.3 is 26.1 Å². The first kappa shape index (κ1) is 23.4. The second kappa shape index (κ2) is 12.0. The number of aldehydes is 1. The summed E-state index contributed by atoms with van der Waals surface area (Å²) in [4.78, 5) is 38.1. The van der Waals surface area contributed by atoms with E-state index in [1.165, 1.54) is 0 Å². The van der Waals surface area contributed by atoms with Gasteiger partial charge in [-0.1, -0.05) is 30.3 Å². The van der Waals surface area contributed by atoms with Crippen molar-refractivity contribution in [2.24, 2.45) is 5.73 Å². The lowest BCUT2D eigenvalue weighted by Gasteiger charge is -2.25. The standard InChI is InChI=1S/C19H27N5O3.ClH/c20-19(21)22-10-4-8-15(13-25)23-18(27)16-9-5-11-24(16)17(26)12-14-6-2-1-3-7-14;/h1-3,6-7,13,15-16H,4-5,8-12H2,(H,23,27)(H4,20,21,22);1H/t15-,16-;/m0./s1. The van der Waals surface area contributed by atoms with Crippen molar-refractivity contribution < 1.29 is 14.4 Å². The minimum absolute atomic E-state index is 0. The largest absolute Gasteiger partial charge is 0.370 e. The van der Waals surface area contributed by atoms with E-state index in [1.54, 1.807) is 4.90 Å². The summed E-state index contributed by atoms with van der Waals surface area (Å²) in [6, 6.07) is 8.29. The fourth-order valence-electron chi connectivity index (χ4n) is 3.21. The van der Waals surface area contributed by atoms with Gasteiger partial charge in [0, 0.05) is 13.1 Å². The summed E-state index contributed by atoms with van der Waals surface area (Å²) in [6.45, 7) is 1.01. The van der Waals surface area contributed by atoms with Crippen molar-refractivity contribution >= 4 is 36.5 Å². The van der Waals surface area contributed by atoms with E-state index in [0.717, 1.165) is 12.0 Å². The van der Waals surface area contributed by atoms with Crippen LogP contribution in [-0.4, -0.2) is 54.1 Å². The Kier molecular flexibility index (Phi) is 10.0. The van der Waals surface area contributed by atoms with Gasteiger partial charge >= 0.3 is 0 Å². The van der Waals surface area contributed by atoms with Crippen molar-refractivity contribution in [3.63, 3.8) is 0 Å². The first-order chi connectivity index (χ1) is 13.0. The molecule has 9 heteroatoms. The fraction of sp³-hybridized carbons (Fsp3) is 0.474. The predicted molar refractivity (Wildman–Crippen MR) is 109 cm³/mol. The summed E-state index contributed by atoms with van der Waals surface area (Å²) in [6.07, 6.45) is 3.37. The molecule has 2 rings (SSSR count). The van der Waals surface area contributed by atoms with Gasteiger partial charge in [-0.3, -0.25) is 15.0 Å². The Hall–Kier alpha value is -2.61.